The van der Waals surface area contributed by atoms with Crippen LogP contribution in [0.5, 0.6) is 0 Å². The van der Waals surface area contributed by atoms with Gasteiger partial charge in [-0.25, -0.2) is 0 Å². The Labute approximate surface area is 259 Å². The second-order valence-corrected chi connectivity index (χ2v) is 15.1. The van der Waals surface area contributed by atoms with E-state index in [1.165, 1.54) is 0 Å². The fraction of sp³-hybridized carbons (Fsp3) is 1.00. The molecule has 4 saturated heterocycles. The Morgan fingerprint density at radius 2 is 0.902 bits per heavy atom. The summed E-state index contributed by atoms with van der Waals surface area (Å²) in [5.74, 6) is 0. The summed E-state index contributed by atoms with van der Waals surface area (Å²) in [6.07, 6.45) is 7.37. The van der Waals surface area contributed by atoms with Crippen molar-refractivity contribution < 1.29 is 37.6 Å². The molecule has 1 N–H and O–H groups in total. The van der Waals surface area contributed by atoms with Gasteiger partial charge < -0.3 is 37.6 Å². The molecular formula is C25H44B4O8P4. The normalized spacial score (nSPS) is 42.2. The van der Waals surface area contributed by atoms with Gasteiger partial charge in [0.05, 0.1) is 105 Å². The van der Waals surface area contributed by atoms with Crippen LogP contribution in [0.3, 0.4) is 0 Å². The van der Waals surface area contributed by atoms with Crippen LogP contribution in [0.1, 0.15) is 25.7 Å². The molecule has 8 nitrogen and oxygen atoms in total. The van der Waals surface area contributed by atoms with E-state index >= 15 is 0 Å². The molecule has 4 heterocycles. The predicted octanol–water partition coefficient (Wildman–Crippen LogP) is 2.57. The molecule has 16 atom stereocenters. The van der Waals surface area contributed by atoms with Crippen molar-refractivity contribution >= 4 is 66.4 Å². The van der Waals surface area contributed by atoms with Gasteiger partial charge in [-0.05, 0) is 12.8 Å². The van der Waals surface area contributed by atoms with Crippen LogP contribution < -0.4 is 0 Å². The first-order valence-electron chi connectivity index (χ1n) is 14.9. The highest BCUT2D eigenvalue weighted by atomic mass is 31.1. The quantitative estimate of drug-likeness (QED) is 0.181. The Kier molecular flexibility index (Phi) is 16.2. The van der Waals surface area contributed by atoms with E-state index < -0.39 is 6.10 Å². The topological polar surface area (TPSA) is 84.8 Å². The number of aliphatic hydroxyl groups is 1. The summed E-state index contributed by atoms with van der Waals surface area (Å²) < 4.78 is 43.3. The smallest absolute Gasteiger partial charge is 0.0904 e. The first-order chi connectivity index (χ1) is 20.0. The molecule has 8 radical (unpaired) electrons. The highest BCUT2D eigenvalue weighted by Crippen LogP contribution is 2.39. The zero-order valence-electron chi connectivity index (χ0n) is 24.0. The van der Waals surface area contributed by atoms with Crippen LogP contribution in [0.15, 0.2) is 0 Å². The third kappa shape index (κ3) is 10.6. The number of ether oxygens (including phenoxy) is 4. The van der Waals surface area contributed by atoms with Crippen LogP contribution in [0, 0.1) is 0 Å². The Bertz CT molecular complexity index is 758. The van der Waals surface area contributed by atoms with E-state index in [2.05, 4.69) is 6.66 Å². The lowest BCUT2D eigenvalue weighted by Gasteiger charge is -2.23. The molecule has 0 aromatic heterocycles. The largest absolute Gasteiger partial charge is 0.390 e. The Morgan fingerprint density at radius 3 is 1.27 bits per heavy atom. The minimum Gasteiger partial charge on any atom is -0.390 e. The van der Waals surface area contributed by atoms with Crippen molar-refractivity contribution in [3.8, 4) is 0 Å². The SMILES string of the molecule is [B]CC1CC(O)C(CPOC2CC(C[B])OC2CPOC2CC(C[B])OC2CPOC2CC(C[B])OC2CPC)O1. The van der Waals surface area contributed by atoms with E-state index in [0.717, 1.165) is 46.3 Å². The second kappa shape index (κ2) is 18.7. The molecule has 4 fully saturated rings. The lowest BCUT2D eigenvalue weighted by atomic mass is 9.97. The molecule has 0 aromatic rings. The molecule has 0 saturated carbocycles. The van der Waals surface area contributed by atoms with Gasteiger partial charge in [-0.3, -0.25) is 0 Å². The minimum absolute atomic E-state index is 0.00117. The molecule has 16 heteroatoms. The Balaban J connectivity index is 1.19. The molecule has 0 amide bonds. The van der Waals surface area contributed by atoms with Crippen LogP contribution >= 0.6 is 35.0 Å². The summed E-state index contributed by atoms with van der Waals surface area (Å²) in [4.78, 5) is 0. The van der Waals surface area contributed by atoms with Crippen LogP contribution in [0.2, 0.25) is 25.3 Å². The first-order valence-corrected chi connectivity index (χ1v) is 19.9. The maximum absolute atomic E-state index is 10.2. The zero-order chi connectivity index (χ0) is 29.2. The van der Waals surface area contributed by atoms with Crippen molar-refractivity contribution in [1.29, 1.82) is 0 Å². The number of aliphatic hydroxyl groups excluding tert-OH is 1. The second-order valence-electron chi connectivity index (χ2n) is 11.2. The van der Waals surface area contributed by atoms with E-state index in [9.17, 15) is 5.11 Å². The molecule has 0 aliphatic carbocycles. The summed E-state index contributed by atoms with van der Waals surface area (Å²) in [6.45, 7) is 2.19. The van der Waals surface area contributed by atoms with Gasteiger partial charge in [0.25, 0.3) is 0 Å². The summed E-state index contributed by atoms with van der Waals surface area (Å²) in [5, 5.41) is 10.2. The lowest BCUT2D eigenvalue weighted by Crippen LogP contribution is -2.28. The van der Waals surface area contributed by atoms with Crippen molar-refractivity contribution in [2.24, 2.45) is 0 Å². The predicted molar refractivity (Wildman–Crippen MR) is 175 cm³/mol. The Morgan fingerprint density at radius 1 is 0.561 bits per heavy atom. The maximum Gasteiger partial charge on any atom is 0.0904 e. The highest BCUT2D eigenvalue weighted by molar-refractivity contribution is 7.37. The van der Waals surface area contributed by atoms with Gasteiger partial charge in [-0.1, -0.05) is 25.3 Å². The van der Waals surface area contributed by atoms with Crippen molar-refractivity contribution in [2.75, 3.05) is 31.3 Å². The molecule has 4 aliphatic rings. The number of hydrogen-bond donors (Lipinski definition) is 1. The van der Waals surface area contributed by atoms with Gasteiger partial charge in [0.1, 0.15) is 0 Å². The van der Waals surface area contributed by atoms with E-state index in [-0.39, 0.29) is 84.8 Å². The van der Waals surface area contributed by atoms with Gasteiger partial charge in [0.15, 0.2) is 0 Å². The molecular weight excluding hydrogens is 595 g/mol. The zero-order valence-corrected chi connectivity index (χ0v) is 28.0. The van der Waals surface area contributed by atoms with Crippen molar-refractivity contribution in [1.82, 2.24) is 0 Å². The van der Waals surface area contributed by atoms with Crippen LogP contribution in [0.4, 0.5) is 0 Å². The molecule has 0 spiro atoms. The monoisotopic (exact) mass is 640 g/mol. The molecule has 4 aliphatic heterocycles. The average molecular weight is 640 g/mol. The van der Waals surface area contributed by atoms with Crippen molar-refractivity contribution in [3.05, 3.63) is 0 Å². The van der Waals surface area contributed by atoms with Crippen molar-refractivity contribution in [3.63, 3.8) is 0 Å². The molecule has 16 unspecified atom stereocenters. The lowest BCUT2D eigenvalue weighted by molar-refractivity contribution is 0.0267. The molecule has 41 heavy (non-hydrogen) atoms. The van der Waals surface area contributed by atoms with Gasteiger partial charge >= 0.3 is 0 Å². The van der Waals surface area contributed by atoms with Gasteiger partial charge in [0.2, 0.25) is 0 Å². The van der Waals surface area contributed by atoms with Crippen molar-refractivity contribution in [2.45, 2.75) is 124 Å². The molecule has 0 bridgehead atoms. The van der Waals surface area contributed by atoms with E-state index in [0.29, 0.717) is 46.7 Å². The summed E-state index contributed by atoms with van der Waals surface area (Å²) >= 11 is 0. The fourth-order valence-electron chi connectivity index (χ4n) is 5.83. The van der Waals surface area contributed by atoms with E-state index in [1.54, 1.807) is 0 Å². The van der Waals surface area contributed by atoms with E-state index in [4.69, 9.17) is 63.9 Å². The van der Waals surface area contributed by atoms with Crippen LogP contribution in [0.25, 0.3) is 0 Å². The Hall–Kier alpha value is 1.66. The summed E-state index contributed by atoms with van der Waals surface area (Å²) in [6, 6.07) is 0. The molecule has 4 rings (SSSR count). The van der Waals surface area contributed by atoms with Crippen LogP contribution in [-0.2, 0) is 32.5 Å². The first kappa shape index (κ1) is 35.5. The molecule has 224 valence electrons. The van der Waals surface area contributed by atoms with Gasteiger partial charge in [-0.15, -0.1) is 8.58 Å². The third-order valence-corrected chi connectivity index (χ3v) is 12.1. The minimum atomic E-state index is -0.487. The average Bonchev–Trinajstić information content (AvgIpc) is 3.75. The third-order valence-electron chi connectivity index (χ3n) is 8.15. The molecule has 0 aromatic carbocycles. The summed E-state index contributed by atoms with van der Waals surface area (Å²) in [7, 11) is 25.0. The number of hydrogen-bond acceptors (Lipinski definition) is 8. The fourth-order valence-corrected chi connectivity index (χ4v) is 9.85. The standard InChI is InChI=1S/C25H44B4O8P4/c1-38-10-23-19(3-15(7-27)32-23)35-40-12-25-21(5-17(9-29)34-25)37-41-13-24-20(4-16(8-28)33-24)36-39-11-22-18(30)2-14(6-26)31-22/h14-25,30,38-41H,2-13H2,1H3. The highest BCUT2D eigenvalue weighted by Gasteiger charge is 2.39. The maximum atomic E-state index is 10.2. The number of rotatable bonds is 18. The van der Waals surface area contributed by atoms with Gasteiger partial charge in [-0.2, -0.15) is 0 Å². The van der Waals surface area contributed by atoms with Crippen LogP contribution in [-0.4, -0.2) is 141 Å². The summed E-state index contributed by atoms with van der Waals surface area (Å²) in [5.41, 5.74) is 0. The van der Waals surface area contributed by atoms with Gasteiger partial charge in [0, 0.05) is 70.6 Å². The van der Waals surface area contributed by atoms with E-state index in [1.807, 2.05) is 0 Å².